The molecule has 4 heteroatoms. The Kier molecular flexibility index (Phi) is 4.11. The number of hydrogen-bond acceptors (Lipinski definition) is 4. The van der Waals surface area contributed by atoms with Crippen LogP contribution in [0.15, 0.2) is 53.9 Å². The molecular weight excluding hydrogens is 290 g/mol. The molecule has 0 aliphatic rings. The highest BCUT2D eigenvalue weighted by Crippen LogP contribution is 2.27. The quantitative estimate of drug-likeness (QED) is 0.741. The standard InChI is InChI=1S/C18H19N3S/c1-13-4-6-14(7-5-13)17-12-22-18(20-17)19-15-8-10-16(11-9-15)21(2)3/h4-12H,1-3H3,(H,19,20). The van der Waals surface area contributed by atoms with Crippen LogP contribution < -0.4 is 10.2 Å². The van der Waals surface area contributed by atoms with Gasteiger partial charge in [-0.1, -0.05) is 29.8 Å². The summed E-state index contributed by atoms with van der Waals surface area (Å²) in [5.74, 6) is 0. The minimum atomic E-state index is 0.910. The van der Waals surface area contributed by atoms with E-state index in [1.54, 1.807) is 11.3 Å². The highest BCUT2D eigenvalue weighted by molar-refractivity contribution is 7.14. The van der Waals surface area contributed by atoms with Gasteiger partial charge < -0.3 is 10.2 Å². The van der Waals surface area contributed by atoms with Crippen molar-refractivity contribution in [2.75, 3.05) is 24.3 Å². The molecule has 0 aliphatic carbocycles. The Morgan fingerprint density at radius 2 is 1.64 bits per heavy atom. The Labute approximate surface area is 135 Å². The zero-order chi connectivity index (χ0) is 15.5. The predicted molar refractivity (Wildman–Crippen MR) is 96.3 cm³/mol. The van der Waals surface area contributed by atoms with Gasteiger partial charge in [-0.05, 0) is 31.2 Å². The van der Waals surface area contributed by atoms with Crippen molar-refractivity contribution >= 4 is 27.8 Å². The second-order valence-corrected chi connectivity index (χ2v) is 6.33. The molecule has 0 unspecified atom stereocenters. The van der Waals surface area contributed by atoms with Crippen LogP contribution in [-0.2, 0) is 0 Å². The van der Waals surface area contributed by atoms with E-state index in [0.29, 0.717) is 0 Å². The molecule has 112 valence electrons. The van der Waals surface area contributed by atoms with E-state index in [-0.39, 0.29) is 0 Å². The third-order valence-electron chi connectivity index (χ3n) is 3.49. The maximum atomic E-state index is 4.66. The minimum Gasteiger partial charge on any atom is -0.378 e. The summed E-state index contributed by atoms with van der Waals surface area (Å²) < 4.78 is 0. The van der Waals surface area contributed by atoms with Crippen molar-refractivity contribution < 1.29 is 0 Å². The van der Waals surface area contributed by atoms with E-state index in [2.05, 4.69) is 76.0 Å². The number of anilines is 3. The minimum absolute atomic E-state index is 0.910. The molecule has 1 N–H and O–H groups in total. The first-order valence-electron chi connectivity index (χ1n) is 7.19. The first kappa shape index (κ1) is 14.6. The fraction of sp³-hybridized carbons (Fsp3) is 0.167. The van der Waals surface area contributed by atoms with E-state index in [4.69, 9.17) is 0 Å². The van der Waals surface area contributed by atoms with E-state index < -0.39 is 0 Å². The predicted octanol–water partition coefficient (Wildman–Crippen LogP) is 4.93. The van der Waals surface area contributed by atoms with Crippen molar-refractivity contribution in [3.63, 3.8) is 0 Å². The maximum absolute atomic E-state index is 4.66. The molecule has 0 saturated carbocycles. The average Bonchev–Trinajstić information content (AvgIpc) is 2.97. The van der Waals surface area contributed by atoms with Gasteiger partial charge in [0.15, 0.2) is 5.13 Å². The largest absolute Gasteiger partial charge is 0.378 e. The van der Waals surface area contributed by atoms with Gasteiger partial charge in [0.2, 0.25) is 0 Å². The number of rotatable bonds is 4. The molecule has 0 saturated heterocycles. The normalized spacial score (nSPS) is 10.5. The highest BCUT2D eigenvalue weighted by atomic mass is 32.1. The van der Waals surface area contributed by atoms with Gasteiger partial charge in [0.1, 0.15) is 0 Å². The van der Waals surface area contributed by atoms with Gasteiger partial charge in [0.25, 0.3) is 0 Å². The van der Waals surface area contributed by atoms with Gasteiger partial charge in [0, 0.05) is 36.4 Å². The van der Waals surface area contributed by atoms with Crippen LogP contribution >= 0.6 is 11.3 Å². The lowest BCUT2D eigenvalue weighted by molar-refractivity contribution is 1.13. The number of nitrogens with zero attached hydrogens (tertiary/aromatic N) is 2. The summed E-state index contributed by atoms with van der Waals surface area (Å²) in [5, 5.41) is 6.36. The molecule has 0 spiro atoms. The van der Waals surface area contributed by atoms with E-state index >= 15 is 0 Å². The van der Waals surface area contributed by atoms with Crippen LogP contribution in [0.3, 0.4) is 0 Å². The molecule has 3 nitrogen and oxygen atoms in total. The molecule has 1 aromatic heterocycles. The van der Waals surface area contributed by atoms with Gasteiger partial charge >= 0.3 is 0 Å². The smallest absolute Gasteiger partial charge is 0.187 e. The molecule has 22 heavy (non-hydrogen) atoms. The van der Waals surface area contributed by atoms with Crippen molar-refractivity contribution in [1.82, 2.24) is 4.98 Å². The molecule has 0 radical (unpaired) electrons. The van der Waals surface area contributed by atoms with Gasteiger partial charge in [0.05, 0.1) is 5.69 Å². The SMILES string of the molecule is Cc1ccc(-c2csc(Nc3ccc(N(C)C)cc3)n2)cc1. The number of nitrogens with one attached hydrogen (secondary N) is 1. The lowest BCUT2D eigenvalue weighted by Gasteiger charge is -2.12. The molecule has 0 aliphatic heterocycles. The molecule has 0 amide bonds. The lowest BCUT2D eigenvalue weighted by atomic mass is 10.1. The Balaban J connectivity index is 1.75. The van der Waals surface area contributed by atoms with Crippen molar-refractivity contribution in [3.8, 4) is 11.3 Å². The Morgan fingerprint density at radius 3 is 2.27 bits per heavy atom. The number of aryl methyl sites for hydroxylation is 1. The number of hydrogen-bond donors (Lipinski definition) is 1. The van der Waals surface area contributed by atoms with E-state index in [1.165, 1.54) is 11.3 Å². The summed E-state index contributed by atoms with van der Waals surface area (Å²) in [4.78, 5) is 6.75. The summed E-state index contributed by atoms with van der Waals surface area (Å²) in [5.41, 5.74) is 5.66. The van der Waals surface area contributed by atoms with E-state index in [0.717, 1.165) is 22.1 Å². The Bertz CT molecular complexity index is 743. The average molecular weight is 309 g/mol. The van der Waals surface area contributed by atoms with Crippen LogP contribution in [0.5, 0.6) is 0 Å². The van der Waals surface area contributed by atoms with E-state index in [1.807, 2.05) is 14.1 Å². The Hall–Kier alpha value is -2.33. The monoisotopic (exact) mass is 309 g/mol. The summed E-state index contributed by atoms with van der Waals surface area (Å²) in [7, 11) is 4.08. The fourth-order valence-corrected chi connectivity index (χ4v) is 2.89. The molecular formula is C18H19N3S. The van der Waals surface area contributed by atoms with Crippen molar-refractivity contribution in [1.29, 1.82) is 0 Å². The molecule has 1 heterocycles. The van der Waals surface area contributed by atoms with Crippen LogP contribution in [0.4, 0.5) is 16.5 Å². The van der Waals surface area contributed by atoms with Crippen LogP contribution in [0, 0.1) is 6.92 Å². The van der Waals surface area contributed by atoms with E-state index in [9.17, 15) is 0 Å². The zero-order valence-corrected chi connectivity index (χ0v) is 13.8. The first-order chi connectivity index (χ1) is 10.6. The van der Waals surface area contributed by atoms with Crippen LogP contribution in [0.25, 0.3) is 11.3 Å². The van der Waals surface area contributed by atoms with Crippen molar-refractivity contribution in [2.24, 2.45) is 0 Å². The van der Waals surface area contributed by atoms with Crippen molar-refractivity contribution in [3.05, 3.63) is 59.5 Å². The lowest BCUT2D eigenvalue weighted by Crippen LogP contribution is -2.08. The molecule has 2 aromatic carbocycles. The second kappa shape index (κ2) is 6.20. The van der Waals surface area contributed by atoms with Crippen LogP contribution in [0.1, 0.15) is 5.56 Å². The summed E-state index contributed by atoms with van der Waals surface area (Å²) in [6.07, 6.45) is 0. The molecule has 0 fully saturated rings. The van der Waals surface area contributed by atoms with Gasteiger partial charge in [-0.2, -0.15) is 0 Å². The second-order valence-electron chi connectivity index (χ2n) is 5.47. The summed E-state index contributed by atoms with van der Waals surface area (Å²) >= 11 is 1.62. The molecule has 0 atom stereocenters. The number of benzene rings is 2. The zero-order valence-electron chi connectivity index (χ0n) is 13.0. The van der Waals surface area contributed by atoms with Crippen LogP contribution in [0.2, 0.25) is 0 Å². The van der Waals surface area contributed by atoms with Crippen molar-refractivity contribution in [2.45, 2.75) is 6.92 Å². The fourth-order valence-electron chi connectivity index (χ4n) is 2.15. The molecule has 3 rings (SSSR count). The maximum Gasteiger partial charge on any atom is 0.187 e. The number of thiazole rings is 1. The third kappa shape index (κ3) is 3.28. The highest BCUT2D eigenvalue weighted by Gasteiger charge is 2.05. The molecule has 3 aromatic rings. The first-order valence-corrected chi connectivity index (χ1v) is 8.07. The van der Waals surface area contributed by atoms with Gasteiger partial charge in [-0.15, -0.1) is 11.3 Å². The topological polar surface area (TPSA) is 28.2 Å². The number of aromatic nitrogens is 1. The summed E-state index contributed by atoms with van der Waals surface area (Å²) in [6.45, 7) is 2.09. The van der Waals surface area contributed by atoms with Gasteiger partial charge in [-0.25, -0.2) is 4.98 Å². The molecule has 0 bridgehead atoms. The third-order valence-corrected chi connectivity index (χ3v) is 4.24. The summed E-state index contributed by atoms with van der Waals surface area (Å²) in [6, 6.07) is 16.8. The van der Waals surface area contributed by atoms with Gasteiger partial charge in [-0.3, -0.25) is 0 Å². The van der Waals surface area contributed by atoms with Crippen LogP contribution in [-0.4, -0.2) is 19.1 Å². The Morgan fingerprint density at radius 1 is 0.955 bits per heavy atom.